The first-order valence-electron chi connectivity index (χ1n) is 11.7. The van der Waals surface area contributed by atoms with E-state index < -0.39 is 30.8 Å². The monoisotopic (exact) mass is 536 g/mol. The van der Waals surface area contributed by atoms with Crippen molar-refractivity contribution in [2.24, 2.45) is 11.5 Å². The molecule has 2 aromatic carbocycles. The Morgan fingerprint density at radius 1 is 0.730 bits per heavy atom. The fourth-order valence-corrected chi connectivity index (χ4v) is 5.96. The molecular formula is C24H36N6O6S. The van der Waals surface area contributed by atoms with E-state index in [0.29, 0.717) is 11.1 Å². The molecular weight excluding hydrogens is 500 g/mol. The Hall–Kier alpha value is -2.65. The SMILES string of the molecule is CC(C)(O)C(NCCN)(SC(NCCN)(c1ccc([N+](=O)[O-])cc1)C(C)(C)O)c1ccc([N+](=O)[O-])cc1. The number of nitrogens with one attached hydrogen (secondary N) is 2. The highest BCUT2D eigenvalue weighted by molar-refractivity contribution is 8.01. The van der Waals surface area contributed by atoms with Crippen LogP contribution in [0.3, 0.4) is 0 Å². The van der Waals surface area contributed by atoms with Gasteiger partial charge < -0.3 is 21.7 Å². The van der Waals surface area contributed by atoms with E-state index in [1.165, 1.54) is 24.3 Å². The van der Waals surface area contributed by atoms with Gasteiger partial charge in [-0.2, -0.15) is 0 Å². The number of nitro benzene ring substituents is 2. The molecule has 2 unspecified atom stereocenters. The van der Waals surface area contributed by atoms with Crippen LogP contribution >= 0.6 is 11.8 Å². The first-order chi connectivity index (χ1) is 17.1. The summed E-state index contributed by atoms with van der Waals surface area (Å²) >= 11 is 1.14. The second-order valence-electron chi connectivity index (χ2n) is 9.62. The summed E-state index contributed by atoms with van der Waals surface area (Å²) in [5.41, 5.74) is 9.33. The van der Waals surface area contributed by atoms with E-state index in [-0.39, 0.29) is 37.6 Å². The van der Waals surface area contributed by atoms with Crippen molar-refractivity contribution in [1.29, 1.82) is 0 Å². The van der Waals surface area contributed by atoms with E-state index in [2.05, 4.69) is 10.6 Å². The zero-order valence-electron chi connectivity index (χ0n) is 21.4. The molecule has 2 rings (SSSR count). The summed E-state index contributed by atoms with van der Waals surface area (Å²) in [6.45, 7) is 7.28. The lowest BCUT2D eigenvalue weighted by Gasteiger charge is -2.53. The predicted octanol–water partition coefficient (Wildman–Crippen LogP) is 1.88. The molecule has 0 aliphatic carbocycles. The minimum Gasteiger partial charge on any atom is -0.387 e. The minimum absolute atomic E-state index is 0.123. The Bertz CT molecular complexity index is 986. The third-order valence-electron chi connectivity index (χ3n) is 6.04. The molecule has 0 radical (unpaired) electrons. The molecule has 0 heterocycles. The molecule has 13 heteroatoms. The van der Waals surface area contributed by atoms with Crippen molar-refractivity contribution in [3.63, 3.8) is 0 Å². The van der Waals surface area contributed by atoms with E-state index in [1.54, 1.807) is 52.0 Å². The van der Waals surface area contributed by atoms with Gasteiger partial charge in [0.15, 0.2) is 0 Å². The lowest BCUT2D eigenvalue weighted by Crippen LogP contribution is -2.64. The molecule has 0 aliphatic heterocycles. The fourth-order valence-electron chi connectivity index (χ4n) is 4.14. The predicted molar refractivity (Wildman–Crippen MR) is 144 cm³/mol. The third kappa shape index (κ3) is 6.44. The van der Waals surface area contributed by atoms with Gasteiger partial charge in [-0.05, 0) is 63.1 Å². The number of thioether (sulfide) groups is 1. The molecule has 0 amide bonds. The average Bonchev–Trinajstić information content (AvgIpc) is 2.82. The Morgan fingerprint density at radius 2 is 1.03 bits per heavy atom. The summed E-state index contributed by atoms with van der Waals surface area (Å²) in [5, 5.41) is 52.5. The van der Waals surface area contributed by atoms with Crippen molar-refractivity contribution in [3.8, 4) is 0 Å². The first kappa shape index (κ1) is 30.6. The molecule has 37 heavy (non-hydrogen) atoms. The van der Waals surface area contributed by atoms with Crippen molar-refractivity contribution in [2.75, 3.05) is 26.2 Å². The molecule has 0 aliphatic rings. The minimum atomic E-state index is -1.52. The topological polar surface area (TPSA) is 203 Å². The van der Waals surface area contributed by atoms with Gasteiger partial charge in [0.25, 0.3) is 11.4 Å². The van der Waals surface area contributed by atoms with E-state index >= 15 is 0 Å². The Labute approximate surface area is 220 Å². The van der Waals surface area contributed by atoms with Crippen molar-refractivity contribution < 1.29 is 20.1 Å². The molecule has 2 atom stereocenters. The zero-order valence-corrected chi connectivity index (χ0v) is 22.2. The molecule has 0 saturated carbocycles. The van der Waals surface area contributed by atoms with Crippen molar-refractivity contribution in [2.45, 2.75) is 48.6 Å². The molecule has 2 aromatic rings. The summed E-state index contributed by atoms with van der Waals surface area (Å²) < 4.78 is 0. The molecule has 0 spiro atoms. The summed E-state index contributed by atoms with van der Waals surface area (Å²) in [6.07, 6.45) is 0. The second-order valence-corrected chi connectivity index (χ2v) is 11.1. The number of non-ortho nitro benzene ring substituents is 2. The number of hydrogen-bond acceptors (Lipinski definition) is 11. The number of benzene rings is 2. The highest BCUT2D eigenvalue weighted by Crippen LogP contribution is 2.55. The summed E-state index contributed by atoms with van der Waals surface area (Å²) in [5.74, 6) is 0. The van der Waals surface area contributed by atoms with Crippen LogP contribution in [0.2, 0.25) is 0 Å². The zero-order chi connectivity index (χ0) is 28.1. The van der Waals surface area contributed by atoms with Gasteiger partial charge in [0.1, 0.15) is 9.74 Å². The van der Waals surface area contributed by atoms with E-state index in [4.69, 9.17) is 11.5 Å². The van der Waals surface area contributed by atoms with Crippen molar-refractivity contribution in [3.05, 3.63) is 79.9 Å². The van der Waals surface area contributed by atoms with Crippen LogP contribution in [-0.4, -0.2) is 57.4 Å². The Morgan fingerprint density at radius 3 is 1.24 bits per heavy atom. The fraction of sp³-hybridized carbons (Fsp3) is 0.500. The highest BCUT2D eigenvalue weighted by Gasteiger charge is 2.57. The maximum absolute atomic E-state index is 11.6. The number of rotatable bonds is 14. The summed E-state index contributed by atoms with van der Waals surface area (Å²) in [6, 6.07) is 11.5. The standard InChI is InChI=1S/C24H36N6O6S/c1-21(2,31)23(27-15-13-25,17-5-9-19(10-6-17)29(33)34)37-24(22(3,4)32,28-16-14-26)18-7-11-20(12-8-18)30(35)36/h5-12,27-28,31-32H,13-16,25-26H2,1-4H3. The van der Waals surface area contributed by atoms with Crippen LogP contribution in [0.5, 0.6) is 0 Å². The van der Waals surface area contributed by atoms with Gasteiger partial charge in [-0.1, -0.05) is 0 Å². The normalized spacial score (nSPS) is 15.6. The van der Waals surface area contributed by atoms with Gasteiger partial charge in [-0.15, -0.1) is 11.8 Å². The maximum Gasteiger partial charge on any atom is 0.269 e. The third-order valence-corrected chi connectivity index (χ3v) is 8.41. The molecule has 204 valence electrons. The molecule has 0 saturated heterocycles. The van der Waals surface area contributed by atoms with Gasteiger partial charge in [0.2, 0.25) is 0 Å². The molecule has 12 nitrogen and oxygen atoms in total. The van der Waals surface area contributed by atoms with Crippen LogP contribution in [0.15, 0.2) is 48.5 Å². The van der Waals surface area contributed by atoms with Crippen LogP contribution in [0.1, 0.15) is 38.8 Å². The molecule has 8 N–H and O–H groups in total. The quantitative estimate of drug-likeness (QED) is 0.117. The lowest BCUT2D eigenvalue weighted by molar-refractivity contribution is -0.385. The number of nitrogens with zero attached hydrogens (tertiary/aromatic N) is 2. The molecule has 0 fully saturated rings. The lowest BCUT2D eigenvalue weighted by atomic mass is 9.89. The Kier molecular flexibility index (Phi) is 9.76. The van der Waals surface area contributed by atoms with Gasteiger partial charge in [0.05, 0.1) is 21.0 Å². The van der Waals surface area contributed by atoms with E-state index in [0.717, 1.165) is 11.8 Å². The molecule has 0 aromatic heterocycles. The van der Waals surface area contributed by atoms with E-state index in [9.17, 15) is 30.4 Å². The van der Waals surface area contributed by atoms with Gasteiger partial charge >= 0.3 is 0 Å². The average molecular weight is 537 g/mol. The number of hydrogen-bond donors (Lipinski definition) is 6. The summed E-state index contributed by atoms with van der Waals surface area (Å²) in [7, 11) is 0. The second kappa shape index (κ2) is 11.8. The van der Waals surface area contributed by atoms with Crippen LogP contribution in [0.25, 0.3) is 0 Å². The molecule has 0 bridgehead atoms. The van der Waals surface area contributed by atoms with Gasteiger partial charge in [-0.3, -0.25) is 30.9 Å². The van der Waals surface area contributed by atoms with Crippen LogP contribution < -0.4 is 22.1 Å². The largest absolute Gasteiger partial charge is 0.387 e. The van der Waals surface area contributed by atoms with Crippen molar-refractivity contribution >= 4 is 23.1 Å². The van der Waals surface area contributed by atoms with E-state index in [1.807, 2.05) is 0 Å². The van der Waals surface area contributed by atoms with Crippen LogP contribution in [0, 0.1) is 20.2 Å². The number of nitro groups is 2. The number of aliphatic hydroxyl groups is 2. The maximum atomic E-state index is 11.6. The number of nitrogens with two attached hydrogens (primary N) is 2. The Balaban J connectivity index is 2.88. The highest BCUT2D eigenvalue weighted by atomic mass is 32.2. The smallest absolute Gasteiger partial charge is 0.269 e. The van der Waals surface area contributed by atoms with Crippen molar-refractivity contribution in [1.82, 2.24) is 10.6 Å². The van der Waals surface area contributed by atoms with Crippen LogP contribution in [0.4, 0.5) is 11.4 Å². The summed E-state index contributed by atoms with van der Waals surface area (Å²) in [4.78, 5) is 18.8. The van der Waals surface area contributed by atoms with Gasteiger partial charge in [-0.25, -0.2) is 0 Å². The first-order valence-corrected chi connectivity index (χ1v) is 12.5. The van der Waals surface area contributed by atoms with Crippen LogP contribution in [-0.2, 0) is 9.74 Å². The van der Waals surface area contributed by atoms with Gasteiger partial charge in [0, 0.05) is 50.4 Å².